The first-order valence-corrected chi connectivity index (χ1v) is 7.73. The van der Waals surface area contributed by atoms with E-state index < -0.39 is 0 Å². The van der Waals surface area contributed by atoms with Crippen molar-refractivity contribution in [3.05, 3.63) is 60.1 Å². The van der Waals surface area contributed by atoms with E-state index in [0.29, 0.717) is 10.8 Å². The van der Waals surface area contributed by atoms with Crippen LogP contribution < -0.4 is 16.0 Å². The largest absolute Gasteiger partial charge is 0.354 e. The van der Waals surface area contributed by atoms with E-state index in [1.54, 1.807) is 12.3 Å². The van der Waals surface area contributed by atoms with Crippen molar-refractivity contribution in [2.75, 3.05) is 5.32 Å². The summed E-state index contributed by atoms with van der Waals surface area (Å²) in [6, 6.07) is 11.9. The lowest BCUT2D eigenvalue weighted by molar-refractivity contribution is -0.115. The second-order valence-electron chi connectivity index (χ2n) is 5.32. The number of benzene rings is 1. The van der Waals surface area contributed by atoms with Gasteiger partial charge in [-0.2, -0.15) is 0 Å². The molecular weight excluding hydrogens is 322 g/mol. The fraction of sp³-hybridized carbons (Fsp3) is 0. The van der Waals surface area contributed by atoms with Gasteiger partial charge in [0.05, 0.1) is 11.9 Å². The number of nitrogens with one attached hydrogen (secondary N) is 4. The van der Waals surface area contributed by atoms with Gasteiger partial charge in [-0.15, -0.1) is 0 Å². The summed E-state index contributed by atoms with van der Waals surface area (Å²) >= 11 is 4.94. The highest BCUT2D eigenvalue weighted by Crippen LogP contribution is 2.24. The highest BCUT2D eigenvalue weighted by atomic mass is 32.1. The molecule has 3 aromatic rings. The van der Waals surface area contributed by atoms with Crippen LogP contribution in [0.5, 0.6) is 0 Å². The molecular formula is C17H13N5OS. The number of aromatic amines is 1. The monoisotopic (exact) mass is 335 g/mol. The molecule has 0 aliphatic carbocycles. The Morgan fingerprint density at radius 2 is 1.96 bits per heavy atom. The lowest BCUT2D eigenvalue weighted by atomic mass is 10.1. The van der Waals surface area contributed by atoms with Gasteiger partial charge in [-0.3, -0.25) is 10.1 Å². The van der Waals surface area contributed by atoms with Crippen molar-refractivity contribution in [3.8, 4) is 0 Å². The van der Waals surface area contributed by atoms with Crippen LogP contribution in [0, 0.1) is 0 Å². The maximum atomic E-state index is 11.8. The summed E-state index contributed by atoms with van der Waals surface area (Å²) in [7, 11) is 0. The van der Waals surface area contributed by atoms with Crippen molar-refractivity contribution in [2.24, 2.45) is 0 Å². The number of thiocarbonyl (C=S) groups is 1. The molecule has 0 radical (unpaired) electrons. The first-order valence-electron chi connectivity index (χ1n) is 7.32. The van der Waals surface area contributed by atoms with Gasteiger partial charge in [0.2, 0.25) is 0 Å². The van der Waals surface area contributed by atoms with Crippen LogP contribution in [0.15, 0.2) is 54.5 Å². The van der Waals surface area contributed by atoms with Crippen molar-refractivity contribution in [1.29, 1.82) is 0 Å². The smallest absolute Gasteiger partial charge is 0.273 e. The lowest BCUT2D eigenvalue weighted by Gasteiger charge is -2.06. The predicted octanol–water partition coefficient (Wildman–Crippen LogP) is 2.65. The Bertz CT molecular complexity index is 977. The number of carbonyl (C=O) groups is 1. The zero-order valence-corrected chi connectivity index (χ0v) is 13.3. The molecule has 1 aliphatic heterocycles. The number of amides is 1. The quantitative estimate of drug-likeness (QED) is 0.437. The standard InChI is InChI=1S/C17H13N5OS/c23-16-14(21-17(24)22-16)6-10-8-18-15-13(10)7-12(9-19-15)20-11-4-2-1-3-5-11/h1-9,20H,(H,18,19)(H2,21,22,23,24). The summed E-state index contributed by atoms with van der Waals surface area (Å²) in [5, 5.41) is 9.93. The third kappa shape index (κ3) is 2.72. The van der Waals surface area contributed by atoms with Gasteiger partial charge in [-0.1, -0.05) is 18.2 Å². The number of fused-ring (bicyclic) bond motifs is 1. The minimum absolute atomic E-state index is 0.235. The van der Waals surface area contributed by atoms with Crippen LogP contribution in [-0.4, -0.2) is 21.0 Å². The molecule has 24 heavy (non-hydrogen) atoms. The average Bonchev–Trinajstić information content (AvgIpc) is 3.12. The summed E-state index contributed by atoms with van der Waals surface area (Å²) in [5.74, 6) is -0.235. The van der Waals surface area contributed by atoms with Crippen LogP contribution in [0.4, 0.5) is 11.4 Å². The van der Waals surface area contributed by atoms with Gasteiger partial charge in [-0.25, -0.2) is 4.98 Å². The maximum absolute atomic E-state index is 11.8. The minimum Gasteiger partial charge on any atom is -0.354 e. The molecule has 3 heterocycles. The summed E-state index contributed by atoms with van der Waals surface area (Å²) in [5.41, 5.74) is 3.88. The molecule has 2 aromatic heterocycles. The topological polar surface area (TPSA) is 81.8 Å². The summed E-state index contributed by atoms with van der Waals surface area (Å²) in [6.45, 7) is 0. The number of hydrogen-bond donors (Lipinski definition) is 4. The number of hydrogen-bond acceptors (Lipinski definition) is 4. The van der Waals surface area contributed by atoms with Crippen LogP contribution in [0.2, 0.25) is 0 Å². The van der Waals surface area contributed by atoms with Crippen molar-refractivity contribution >= 4 is 51.7 Å². The third-order valence-corrected chi connectivity index (χ3v) is 3.85. The van der Waals surface area contributed by atoms with Crippen molar-refractivity contribution < 1.29 is 4.79 Å². The van der Waals surface area contributed by atoms with Crippen LogP contribution in [0.3, 0.4) is 0 Å². The highest BCUT2D eigenvalue weighted by molar-refractivity contribution is 7.80. The van der Waals surface area contributed by atoms with Crippen molar-refractivity contribution in [1.82, 2.24) is 20.6 Å². The molecule has 0 bridgehead atoms. The van der Waals surface area contributed by atoms with Gasteiger partial charge in [0, 0.05) is 22.8 Å². The lowest BCUT2D eigenvalue weighted by Crippen LogP contribution is -2.21. The number of rotatable bonds is 3. The highest BCUT2D eigenvalue weighted by Gasteiger charge is 2.20. The van der Waals surface area contributed by atoms with Gasteiger partial charge in [0.15, 0.2) is 5.11 Å². The molecule has 0 saturated carbocycles. The average molecular weight is 335 g/mol. The Morgan fingerprint density at radius 3 is 2.71 bits per heavy atom. The van der Waals surface area contributed by atoms with E-state index >= 15 is 0 Å². The number of H-pyrrole nitrogens is 1. The first-order chi connectivity index (χ1) is 11.7. The van der Waals surface area contributed by atoms with E-state index in [0.717, 1.165) is 28.0 Å². The summed E-state index contributed by atoms with van der Waals surface area (Å²) in [6.07, 6.45) is 5.33. The zero-order valence-electron chi connectivity index (χ0n) is 12.5. The number of anilines is 2. The van der Waals surface area contributed by atoms with Crippen LogP contribution in [0.25, 0.3) is 17.1 Å². The third-order valence-electron chi connectivity index (χ3n) is 3.65. The first kappa shape index (κ1) is 14.4. The zero-order chi connectivity index (χ0) is 16.5. The Balaban J connectivity index is 1.70. The Hall–Kier alpha value is -3.19. The number of aromatic nitrogens is 2. The van der Waals surface area contributed by atoms with E-state index in [9.17, 15) is 4.79 Å². The number of para-hydroxylation sites is 1. The van der Waals surface area contributed by atoms with Gasteiger partial charge in [0.25, 0.3) is 5.91 Å². The molecule has 1 amide bonds. The molecule has 7 heteroatoms. The minimum atomic E-state index is -0.235. The van der Waals surface area contributed by atoms with Gasteiger partial charge >= 0.3 is 0 Å². The second kappa shape index (κ2) is 5.78. The fourth-order valence-corrected chi connectivity index (χ4v) is 2.74. The van der Waals surface area contributed by atoms with E-state index in [1.165, 1.54) is 0 Å². The van der Waals surface area contributed by atoms with Gasteiger partial charge < -0.3 is 15.6 Å². The molecule has 0 atom stereocenters. The van der Waals surface area contributed by atoms with Crippen molar-refractivity contribution in [2.45, 2.75) is 0 Å². The number of nitrogens with zero attached hydrogens (tertiary/aromatic N) is 1. The summed E-state index contributed by atoms with van der Waals surface area (Å²) < 4.78 is 0. The van der Waals surface area contributed by atoms with Crippen LogP contribution in [0.1, 0.15) is 5.56 Å². The fourth-order valence-electron chi connectivity index (χ4n) is 2.54. The predicted molar refractivity (Wildman–Crippen MR) is 97.7 cm³/mol. The van der Waals surface area contributed by atoms with Crippen LogP contribution in [-0.2, 0) is 4.79 Å². The molecule has 4 rings (SSSR count). The number of carbonyl (C=O) groups excluding carboxylic acids is 1. The Kier molecular flexibility index (Phi) is 3.47. The molecule has 1 aliphatic rings. The van der Waals surface area contributed by atoms with Gasteiger partial charge in [0.1, 0.15) is 11.3 Å². The maximum Gasteiger partial charge on any atom is 0.273 e. The SMILES string of the molecule is O=C1NC(=S)NC1=Cc1c[nH]c2ncc(Nc3ccccc3)cc12. The normalized spacial score (nSPS) is 15.6. The van der Waals surface area contributed by atoms with Crippen molar-refractivity contribution in [3.63, 3.8) is 0 Å². The molecule has 1 aromatic carbocycles. The number of pyridine rings is 1. The molecule has 6 nitrogen and oxygen atoms in total. The van der Waals surface area contributed by atoms with E-state index in [-0.39, 0.29) is 5.91 Å². The molecule has 118 valence electrons. The molecule has 1 saturated heterocycles. The van der Waals surface area contributed by atoms with E-state index in [2.05, 4.69) is 25.9 Å². The van der Waals surface area contributed by atoms with E-state index in [1.807, 2.05) is 42.6 Å². The Labute approximate surface area is 143 Å². The molecule has 1 fully saturated rings. The molecule has 4 N–H and O–H groups in total. The van der Waals surface area contributed by atoms with E-state index in [4.69, 9.17) is 12.2 Å². The molecule has 0 unspecified atom stereocenters. The van der Waals surface area contributed by atoms with Gasteiger partial charge in [-0.05, 0) is 36.5 Å². The molecule has 0 spiro atoms. The second-order valence-corrected chi connectivity index (χ2v) is 5.73. The van der Waals surface area contributed by atoms with Crippen LogP contribution >= 0.6 is 12.2 Å². The summed E-state index contributed by atoms with van der Waals surface area (Å²) in [4.78, 5) is 19.3. The Morgan fingerprint density at radius 1 is 1.12 bits per heavy atom.